The molecule has 102 valence electrons. The van der Waals surface area contributed by atoms with E-state index in [1.165, 1.54) is 12.8 Å². The van der Waals surface area contributed by atoms with Gasteiger partial charge in [0.2, 0.25) is 0 Å². The summed E-state index contributed by atoms with van der Waals surface area (Å²) in [7, 11) is 5.09. The van der Waals surface area contributed by atoms with Crippen molar-refractivity contribution < 1.29 is 14.2 Å². The number of hydrogen-bond donors (Lipinski definition) is 1. The first-order valence-corrected chi connectivity index (χ1v) is 6.30. The Morgan fingerprint density at radius 1 is 1.29 bits per heavy atom. The van der Waals surface area contributed by atoms with Gasteiger partial charge < -0.3 is 19.5 Å². The number of methoxy groups -OCH3 is 3. The molecule has 0 radical (unpaired) electrons. The number of nitrogens with one attached hydrogen (secondary N) is 1. The van der Waals surface area contributed by atoms with Crippen molar-refractivity contribution in [1.82, 2.24) is 10.2 Å². The molecule has 5 nitrogen and oxygen atoms in total. The fraction of sp³-hybridized carbons (Fsp3) is 1.00. The topological polar surface area (TPSA) is 43.0 Å². The molecule has 0 spiro atoms. The van der Waals surface area contributed by atoms with Gasteiger partial charge in [0.15, 0.2) is 6.29 Å². The van der Waals surface area contributed by atoms with Crippen molar-refractivity contribution in [2.45, 2.75) is 25.2 Å². The van der Waals surface area contributed by atoms with E-state index >= 15 is 0 Å². The summed E-state index contributed by atoms with van der Waals surface area (Å²) in [6.07, 6.45) is 2.38. The van der Waals surface area contributed by atoms with Gasteiger partial charge in [-0.25, -0.2) is 0 Å². The third kappa shape index (κ3) is 5.79. The molecule has 1 N–H and O–H groups in total. The molecule has 1 saturated heterocycles. The van der Waals surface area contributed by atoms with E-state index in [2.05, 4.69) is 10.2 Å². The first kappa shape index (κ1) is 14.9. The second-order valence-electron chi connectivity index (χ2n) is 4.45. The standard InChI is InChI=1S/C12H26N2O3/c1-15-8-7-14(10-12(16-2)17-3)9-11-5-4-6-13-11/h11-13H,4-10H2,1-3H3. The number of hydrogen-bond acceptors (Lipinski definition) is 5. The van der Waals surface area contributed by atoms with Crippen molar-refractivity contribution in [2.24, 2.45) is 0 Å². The van der Waals surface area contributed by atoms with E-state index < -0.39 is 0 Å². The van der Waals surface area contributed by atoms with Gasteiger partial charge in [-0.15, -0.1) is 0 Å². The quantitative estimate of drug-likeness (QED) is 0.593. The molecule has 1 aliphatic rings. The zero-order valence-corrected chi connectivity index (χ0v) is 11.3. The fourth-order valence-corrected chi connectivity index (χ4v) is 2.16. The second-order valence-corrected chi connectivity index (χ2v) is 4.45. The molecule has 1 atom stereocenters. The summed E-state index contributed by atoms with van der Waals surface area (Å²) >= 11 is 0. The number of rotatable bonds is 9. The van der Waals surface area contributed by atoms with Crippen molar-refractivity contribution in [2.75, 3.05) is 54.1 Å². The zero-order chi connectivity index (χ0) is 12.5. The summed E-state index contributed by atoms with van der Waals surface area (Å²) in [6, 6.07) is 0.598. The maximum atomic E-state index is 5.25. The Bertz CT molecular complexity index is 179. The largest absolute Gasteiger partial charge is 0.383 e. The lowest BCUT2D eigenvalue weighted by Gasteiger charge is -2.28. The monoisotopic (exact) mass is 246 g/mol. The van der Waals surface area contributed by atoms with Gasteiger partial charge >= 0.3 is 0 Å². The molecule has 1 rings (SSSR count). The Morgan fingerprint density at radius 2 is 2.06 bits per heavy atom. The Kier molecular flexibility index (Phi) is 7.72. The minimum Gasteiger partial charge on any atom is -0.383 e. The van der Waals surface area contributed by atoms with Crippen LogP contribution in [0.15, 0.2) is 0 Å². The summed E-state index contributed by atoms with van der Waals surface area (Å²) < 4.78 is 15.6. The predicted molar refractivity (Wildman–Crippen MR) is 67.1 cm³/mol. The molecule has 0 aromatic heterocycles. The third-order valence-electron chi connectivity index (χ3n) is 3.19. The molecule has 0 aliphatic carbocycles. The van der Waals surface area contributed by atoms with Crippen LogP contribution in [0.25, 0.3) is 0 Å². The molecule has 0 aromatic carbocycles. The fourth-order valence-electron chi connectivity index (χ4n) is 2.16. The summed E-state index contributed by atoms with van der Waals surface area (Å²) in [4.78, 5) is 2.34. The molecule has 1 fully saturated rings. The van der Waals surface area contributed by atoms with Gasteiger partial charge in [-0.2, -0.15) is 0 Å². The lowest BCUT2D eigenvalue weighted by atomic mass is 10.2. The first-order valence-electron chi connectivity index (χ1n) is 6.30. The number of nitrogens with zero attached hydrogens (tertiary/aromatic N) is 1. The highest BCUT2D eigenvalue weighted by molar-refractivity contribution is 4.78. The van der Waals surface area contributed by atoms with Crippen LogP contribution in [0.2, 0.25) is 0 Å². The van der Waals surface area contributed by atoms with Crippen LogP contribution in [0.3, 0.4) is 0 Å². The molecule has 1 unspecified atom stereocenters. The molecular weight excluding hydrogens is 220 g/mol. The van der Waals surface area contributed by atoms with Crippen LogP contribution in [-0.4, -0.2) is 71.3 Å². The minimum absolute atomic E-state index is 0.159. The lowest BCUT2D eigenvalue weighted by Crippen LogP contribution is -2.43. The highest BCUT2D eigenvalue weighted by Gasteiger charge is 2.20. The van der Waals surface area contributed by atoms with Crippen molar-refractivity contribution in [3.05, 3.63) is 0 Å². The molecular formula is C12H26N2O3. The second kappa shape index (κ2) is 8.83. The Balaban J connectivity index is 2.34. The van der Waals surface area contributed by atoms with Crippen LogP contribution in [0, 0.1) is 0 Å². The van der Waals surface area contributed by atoms with Crippen molar-refractivity contribution in [1.29, 1.82) is 0 Å². The van der Waals surface area contributed by atoms with Crippen LogP contribution in [-0.2, 0) is 14.2 Å². The molecule has 0 aromatic rings. The maximum Gasteiger partial charge on any atom is 0.169 e. The Morgan fingerprint density at radius 3 is 2.59 bits per heavy atom. The predicted octanol–water partition coefficient (Wildman–Crippen LogP) is 0.306. The van der Waals surface area contributed by atoms with E-state index in [4.69, 9.17) is 14.2 Å². The third-order valence-corrected chi connectivity index (χ3v) is 3.19. The van der Waals surface area contributed by atoms with Gasteiger partial charge in [0, 0.05) is 47.0 Å². The molecule has 0 amide bonds. The van der Waals surface area contributed by atoms with E-state index in [9.17, 15) is 0 Å². The maximum absolute atomic E-state index is 5.25. The van der Waals surface area contributed by atoms with Crippen molar-refractivity contribution in [3.63, 3.8) is 0 Å². The SMILES string of the molecule is COCCN(CC1CCCN1)CC(OC)OC. The van der Waals surface area contributed by atoms with Gasteiger partial charge in [0.05, 0.1) is 6.61 Å². The van der Waals surface area contributed by atoms with Gasteiger partial charge in [-0.05, 0) is 19.4 Å². The highest BCUT2D eigenvalue weighted by Crippen LogP contribution is 2.08. The minimum atomic E-state index is -0.159. The molecule has 5 heteroatoms. The van der Waals surface area contributed by atoms with Crippen LogP contribution in [0.4, 0.5) is 0 Å². The van der Waals surface area contributed by atoms with Crippen LogP contribution < -0.4 is 5.32 Å². The van der Waals surface area contributed by atoms with Crippen LogP contribution in [0.5, 0.6) is 0 Å². The Labute approximate surface area is 104 Å². The van der Waals surface area contributed by atoms with Gasteiger partial charge in [-0.3, -0.25) is 4.90 Å². The highest BCUT2D eigenvalue weighted by atomic mass is 16.7. The Hall–Kier alpha value is -0.200. The molecule has 0 saturated carbocycles. The van der Waals surface area contributed by atoms with E-state index in [0.717, 1.165) is 32.8 Å². The smallest absolute Gasteiger partial charge is 0.169 e. The molecule has 17 heavy (non-hydrogen) atoms. The summed E-state index contributed by atoms with van der Waals surface area (Å²) in [6.45, 7) is 4.62. The van der Waals surface area contributed by atoms with E-state index in [1.807, 2.05) is 0 Å². The van der Waals surface area contributed by atoms with Gasteiger partial charge in [-0.1, -0.05) is 0 Å². The van der Waals surface area contributed by atoms with Gasteiger partial charge in [0.25, 0.3) is 0 Å². The van der Waals surface area contributed by atoms with E-state index in [-0.39, 0.29) is 6.29 Å². The molecule has 0 bridgehead atoms. The average Bonchev–Trinajstić information content (AvgIpc) is 2.85. The normalized spacial score (nSPS) is 20.6. The van der Waals surface area contributed by atoms with Crippen LogP contribution >= 0.6 is 0 Å². The first-order chi connectivity index (χ1) is 8.30. The van der Waals surface area contributed by atoms with E-state index in [0.29, 0.717) is 6.04 Å². The number of ether oxygens (including phenoxy) is 3. The van der Waals surface area contributed by atoms with Gasteiger partial charge in [0.1, 0.15) is 0 Å². The van der Waals surface area contributed by atoms with Crippen molar-refractivity contribution in [3.8, 4) is 0 Å². The molecule has 1 heterocycles. The zero-order valence-electron chi connectivity index (χ0n) is 11.3. The van der Waals surface area contributed by atoms with Crippen LogP contribution in [0.1, 0.15) is 12.8 Å². The molecule has 1 aliphatic heterocycles. The average molecular weight is 246 g/mol. The lowest BCUT2D eigenvalue weighted by molar-refractivity contribution is -0.117. The summed E-state index contributed by atoms with van der Waals surface area (Å²) in [5.41, 5.74) is 0. The summed E-state index contributed by atoms with van der Waals surface area (Å²) in [5, 5.41) is 3.51. The van der Waals surface area contributed by atoms with Crippen molar-refractivity contribution >= 4 is 0 Å². The summed E-state index contributed by atoms with van der Waals surface area (Å²) in [5.74, 6) is 0. The van der Waals surface area contributed by atoms with E-state index in [1.54, 1.807) is 21.3 Å².